The molecule has 0 aromatic heterocycles. The molecule has 1 fully saturated rings. The van der Waals surface area contributed by atoms with Crippen LogP contribution >= 0.6 is 0 Å². The summed E-state index contributed by atoms with van der Waals surface area (Å²) in [7, 11) is -1.52. The van der Waals surface area contributed by atoms with Gasteiger partial charge >= 0.3 is 0 Å². The van der Waals surface area contributed by atoms with Crippen LogP contribution in [0, 0.1) is 0 Å². The molecule has 0 heterocycles. The van der Waals surface area contributed by atoms with Crippen molar-refractivity contribution in [1.29, 1.82) is 0 Å². The van der Waals surface area contributed by atoms with Crippen molar-refractivity contribution >= 4 is 21.4 Å². The monoisotopic (exact) mass is 256 g/mol. The van der Waals surface area contributed by atoms with Gasteiger partial charge in [-0.05, 0) is 25.0 Å². The molecule has 0 saturated heterocycles. The maximum atomic E-state index is 11.2. The lowest BCUT2D eigenvalue weighted by Crippen LogP contribution is -2.11. The Bertz CT molecular complexity index is 509. The lowest BCUT2D eigenvalue weighted by molar-refractivity contribution is 0.303. The highest BCUT2D eigenvalue weighted by atomic mass is 32.2. The van der Waals surface area contributed by atoms with Crippen molar-refractivity contribution in [2.45, 2.75) is 18.9 Å². The predicted molar refractivity (Wildman–Crippen MR) is 68.1 cm³/mol. The van der Waals surface area contributed by atoms with Crippen molar-refractivity contribution in [2.75, 3.05) is 23.3 Å². The van der Waals surface area contributed by atoms with E-state index in [-0.39, 0.29) is 0 Å². The number of sulfonamides is 1. The molecule has 5 nitrogen and oxygen atoms in total. The Labute approximate surface area is 101 Å². The molecular formula is C11H16N2O3S. The largest absolute Gasteiger partial charge is 0.490 e. The van der Waals surface area contributed by atoms with Crippen molar-refractivity contribution in [1.82, 2.24) is 0 Å². The van der Waals surface area contributed by atoms with E-state index in [9.17, 15) is 8.42 Å². The third-order valence-electron chi connectivity index (χ3n) is 2.38. The quantitative estimate of drug-likeness (QED) is 0.840. The number of rotatable bonds is 5. The van der Waals surface area contributed by atoms with E-state index >= 15 is 0 Å². The second-order valence-corrected chi connectivity index (χ2v) is 5.90. The van der Waals surface area contributed by atoms with Gasteiger partial charge in [0.2, 0.25) is 10.0 Å². The van der Waals surface area contributed by atoms with E-state index in [4.69, 9.17) is 4.74 Å². The van der Waals surface area contributed by atoms with Gasteiger partial charge in [-0.15, -0.1) is 0 Å². The fourth-order valence-corrected chi connectivity index (χ4v) is 2.05. The van der Waals surface area contributed by atoms with Crippen molar-refractivity contribution in [3.05, 3.63) is 18.2 Å². The molecule has 2 rings (SSSR count). The zero-order valence-corrected chi connectivity index (χ0v) is 10.7. The standard InChI is InChI=1S/C11H16N2O3S/c1-12-11-7-9(16-8-3-4-8)5-6-10(11)13-17(2,14)15/h5-8,12-13H,3-4H2,1-2H3. The van der Waals surface area contributed by atoms with Gasteiger partial charge in [0.1, 0.15) is 5.75 Å². The van der Waals surface area contributed by atoms with Crippen molar-refractivity contribution in [3.63, 3.8) is 0 Å². The SMILES string of the molecule is CNc1cc(OC2CC2)ccc1NS(C)(=O)=O. The molecule has 1 saturated carbocycles. The minimum Gasteiger partial charge on any atom is -0.490 e. The fourth-order valence-electron chi connectivity index (χ4n) is 1.47. The Morgan fingerprint density at radius 1 is 1.29 bits per heavy atom. The van der Waals surface area contributed by atoms with Crippen LogP contribution in [0.3, 0.4) is 0 Å². The molecule has 0 radical (unpaired) electrons. The first-order valence-corrected chi connectivity index (χ1v) is 7.33. The summed E-state index contributed by atoms with van der Waals surface area (Å²) in [5.74, 6) is 0.760. The minimum atomic E-state index is -3.26. The average Bonchev–Trinajstić information content (AvgIpc) is 3.02. The number of hydrogen-bond donors (Lipinski definition) is 2. The lowest BCUT2D eigenvalue weighted by atomic mass is 10.2. The topological polar surface area (TPSA) is 67.4 Å². The van der Waals surface area contributed by atoms with Gasteiger partial charge in [0.15, 0.2) is 0 Å². The van der Waals surface area contributed by atoms with Gasteiger partial charge in [-0.2, -0.15) is 0 Å². The van der Waals surface area contributed by atoms with Crippen LogP contribution in [-0.2, 0) is 10.0 Å². The van der Waals surface area contributed by atoms with Gasteiger partial charge in [0, 0.05) is 13.1 Å². The van der Waals surface area contributed by atoms with Crippen molar-refractivity contribution in [3.8, 4) is 5.75 Å². The molecular weight excluding hydrogens is 240 g/mol. The second kappa shape index (κ2) is 4.44. The first-order chi connectivity index (χ1) is 7.98. The Kier molecular flexibility index (Phi) is 3.15. The van der Waals surface area contributed by atoms with Gasteiger partial charge < -0.3 is 10.1 Å². The molecule has 1 aromatic carbocycles. The number of hydrogen-bond acceptors (Lipinski definition) is 4. The highest BCUT2D eigenvalue weighted by Gasteiger charge is 2.23. The van der Waals surface area contributed by atoms with Crippen molar-refractivity contribution < 1.29 is 13.2 Å². The van der Waals surface area contributed by atoms with Crippen LogP contribution in [0.1, 0.15) is 12.8 Å². The summed E-state index contributed by atoms with van der Waals surface area (Å²) in [6.07, 6.45) is 3.64. The average molecular weight is 256 g/mol. The molecule has 17 heavy (non-hydrogen) atoms. The number of ether oxygens (including phenoxy) is 1. The Hall–Kier alpha value is -1.43. The fraction of sp³-hybridized carbons (Fsp3) is 0.455. The van der Waals surface area contributed by atoms with E-state index in [1.165, 1.54) is 0 Å². The van der Waals surface area contributed by atoms with Crippen LogP contribution in [0.2, 0.25) is 0 Å². The summed E-state index contributed by atoms with van der Waals surface area (Å²) in [6.45, 7) is 0. The summed E-state index contributed by atoms with van der Waals surface area (Å²) in [4.78, 5) is 0. The summed E-state index contributed by atoms with van der Waals surface area (Å²) in [5, 5.41) is 2.95. The van der Waals surface area contributed by atoms with Crippen molar-refractivity contribution in [2.24, 2.45) is 0 Å². The molecule has 2 N–H and O–H groups in total. The predicted octanol–water partition coefficient (Wildman–Crippen LogP) is 1.64. The highest BCUT2D eigenvalue weighted by molar-refractivity contribution is 7.92. The number of anilines is 2. The van der Waals surface area contributed by atoms with E-state index < -0.39 is 10.0 Å². The minimum absolute atomic E-state index is 0.327. The maximum absolute atomic E-state index is 11.2. The van der Waals surface area contributed by atoms with E-state index in [2.05, 4.69) is 10.0 Å². The number of nitrogens with one attached hydrogen (secondary N) is 2. The zero-order valence-electron chi connectivity index (χ0n) is 9.86. The van der Waals surface area contributed by atoms with Crippen LogP contribution < -0.4 is 14.8 Å². The molecule has 0 spiro atoms. The van der Waals surface area contributed by atoms with Crippen LogP contribution in [0.4, 0.5) is 11.4 Å². The van der Waals surface area contributed by atoms with E-state index in [0.29, 0.717) is 17.5 Å². The van der Waals surface area contributed by atoms with E-state index in [1.54, 1.807) is 25.2 Å². The molecule has 0 amide bonds. The smallest absolute Gasteiger partial charge is 0.229 e. The van der Waals surface area contributed by atoms with E-state index in [0.717, 1.165) is 24.8 Å². The molecule has 1 aliphatic carbocycles. The molecule has 0 atom stereocenters. The second-order valence-electron chi connectivity index (χ2n) is 4.15. The molecule has 0 unspecified atom stereocenters. The van der Waals surface area contributed by atoms with Gasteiger partial charge in [-0.3, -0.25) is 4.72 Å². The van der Waals surface area contributed by atoms with Gasteiger partial charge in [0.25, 0.3) is 0 Å². The first kappa shape index (κ1) is 12.0. The zero-order chi connectivity index (χ0) is 12.5. The van der Waals surface area contributed by atoms with E-state index in [1.807, 2.05) is 0 Å². The summed E-state index contributed by atoms with van der Waals surface area (Å²) < 4.78 is 30.4. The first-order valence-electron chi connectivity index (χ1n) is 5.44. The van der Waals surface area contributed by atoms with Gasteiger partial charge in [-0.25, -0.2) is 8.42 Å². The summed E-state index contributed by atoms with van der Waals surface area (Å²) in [6, 6.07) is 5.27. The molecule has 1 aliphatic rings. The Morgan fingerprint density at radius 2 is 2.00 bits per heavy atom. The van der Waals surface area contributed by atoms with Crippen LogP contribution in [0.15, 0.2) is 18.2 Å². The molecule has 94 valence electrons. The summed E-state index contributed by atoms with van der Waals surface area (Å²) >= 11 is 0. The Morgan fingerprint density at radius 3 is 2.53 bits per heavy atom. The summed E-state index contributed by atoms with van der Waals surface area (Å²) in [5.41, 5.74) is 1.23. The highest BCUT2D eigenvalue weighted by Crippen LogP contribution is 2.31. The molecule has 6 heteroatoms. The molecule has 0 aliphatic heterocycles. The van der Waals surface area contributed by atoms with Crippen LogP contribution in [0.5, 0.6) is 5.75 Å². The maximum Gasteiger partial charge on any atom is 0.229 e. The number of benzene rings is 1. The lowest BCUT2D eigenvalue weighted by Gasteiger charge is -2.12. The third kappa shape index (κ3) is 3.52. The molecule has 1 aromatic rings. The Balaban J connectivity index is 2.21. The van der Waals surface area contributed by atoms with Gasteiger partial charge in [-0.1, -0.05) is 0 Å². The van der Waals surface area contributed by atoms with Crippen LogP contribution in [0.25, 0.3) is 0 Å². The van der Waals surface area contributed by atoms with Crippen LogP contribution in [-0.4, -0.2) is 27.8 Å². The van der Waals surface area contributed by atoms with Gasteiger partial charge in [0.05, 0.1) is 23.7 Å². The normalized spacial score (nSPS) is 15.4. The molecule has 0 bridgehead atoms. The third-order valence-corrected chi connectivity index (χ3v) is 2.97.